The van der Waals surface area contributed by atoms with E-state index >= 15 is 0 Å². The van der Waals surface area contributed by atoms with E-state index < -0.39 is 10.0 Å². The zero-order valence-electron chi connectivity index (χ0n) is 18.1. The Morgan fingerprint density at radius 2 is 1.91 bits per heavy atom. The molecule has 0 unspecified atom stereocenters. The molecule has 8 nitrogen and oxygen atoms in total. The first-order valence-corrected chi connectivity index (χ1v) is 12.5. The third-order valence-electron chi connectivity index (χ3n) is 4.91. The Labute approximate surface area is 200 Å². The average Bonchev–Trinajstić information content (AvgIpc) is 2.80. The molecule has 0 fully saturated rings. The van der Waals surface area contributed by atoms with E-state index in [4.69, 9.17) is 0 Å². The van der Waals surface area contributed by atoms with Crippen LogP contribution in [0.3, 0.4) is 0 Å². The molecule has 1 aromatic heterocycles. The summed E-state index contributed by atoms with van der Waals surface area (Å²) in [5, 5.41) is 15.6. The normalized spacial score (nSPS) is 12.4. The van der Waals surface area contributed by atoms with Crippen molar-refractivity contribution in [3.8, 4) is 0 Å². The van der Waals surface area contributed by atoms with Crippen LogP contribution in [-0.4, -0.2) is 36.1 Å². The molecule has 0 spiro atoms. The Morgan fingerprint density at radius 1 is 1.18 bits per heavy atom. The maximum atomic E-state index is 13.1. The number of aryl methyl sites for hydroxylation is 1. The van der Waals surface area contributed by atoms with Gasteiger partial charge >= 0.3 is 0 Å². The third-order valence-corrected chi connectivity index (χ3v) is 7.04. The maximum Gasteiger partial charge on any atom is 0.241 e. The van der Waals surface area contributed by atoms with Gasteiger partial charge in [0.1, 0.15) is 11.6 Å². The van der Waals surface area contributed by atoms with Crippen molar-refractivity contribution in [2.45, 2.75) is 37.8 Å². The zero-order valence-corrected chi connectivity index (χ0v) is 20.5. The number of aliphatic hydroxyl groups is 1. The highest BCUT2D eigenvalue weighted by Gasteiger charge is 2.18. The largest absolute Gasteiger partial charge is 0.394 e. The summed E-state index contributed by atoms with van der Waals surface area (Å²) in [6, 6.07) is 10.4. The number of aromatic nitrogens is 2. The smallest absolute Gasteiger partial charge is 0.241 e. The summed E-state index contributed by atoms with van der Waals surface area (Å²) >= 11 is 3.39. The molecule has 176 valence electrons. The molecule has 0 amide bonds. The number of aliphatic hydroxyl groups excluding tert-OH is 1. The molecule has 0 aliphatic carbocycles. The van der Waals surface area contributed by atoms with Gasteiger partial charge in [-0.3, -0.25) is 0 Å². The number of nitrogens with one attached hydrogen (secondary N) is 3. The number of rotatable bonds is 10. The minimum atomic E-state index is -3.82. The van der Waals surface area contributed by atoms with Crippen LogP contribution in [0.15, 0.2) is 58.0 Å². The van der Waals surface area contributed by atoms with Gasteiger partial charge in [0.2, 0.25) is 16.0 Å². The van der Waals surface area contributed by atoms with Crippen molar-refractivity contribution in [2.75, 3.05) is 17.2 Å². The zero-order chi connectivity index (χ0) is 24.0. The van der Waals surface area contributed by atoms with Crippen LogP contribution >= 0.6 is 15.9 Å². The van der Waals surface area contributed by atoms with Gasteiger partial charge in [-0.05, 0) is 64.7 Å². The minimum absolute atomic E-state index is 0.0357. The van der Waals surface area contributed by atoms with Crippen molar-refractivity contribution >= 4 is 43.4 Å². The predicted octanol–water partition coefficient (Wildman–Crippen LogP) is 4.09. The fraction of sp³-hybridized carbons (Fsp3) is 0.273. The molecule has 3 aromatic rings. The maximum absolute atomic E-state index is 13.1. The van der Waals surface area contributed by atoms with Gasteiger partial charge in [-0.25, -0.2) is 22.5 Å². The number of hydrogen-bond donors (Lipinski definition) is 4. The highest BCUT2D eigenvalue weighted by atomic mass is 79.9. The van der Waals surface area contributed by atoms with Crippen molar-refractivity contribution in [1.29, 1.82) is 0 Å². The van der Waals surface area contributed by atoms with Crippen LogP contribution in [0, 0.1) is 12.7 Å². The lowest BCUT2D eigenvalue weighted by Crippen LogP contribution is -2.24. The first-order valence-electron chi connectivity index (χ1n) is 10.2. The molecule has 0 saturated heterocycles. The van der Waals surface area contributed by atoms with Crippen molar-refractivity contribution in [3.05, 3.63) is 70.1 Å². The Hall–Kier alpha value is -2.60. The molecule has 0 bridgehead atoms. The van der Waals surface area contributed by atoms with E-state index in [1.807, 2.05) is 6.92 Å². The molecule has 1 heterocycles. The minimum Gasteiger partial charge on any atom is -0.394 e. The van der Waals surface area contributed by atoms with E-state index in [2.05, 4.69) is 41.3 Å². The highest BCUT2D eigenvalue weighted by molar-refractivity contribution is 9.10. The van der Waals surface area contributed by atoms with Gasteiger partial charge in [0.05, 0.1) is 22.0 Å². The third kappa shape index (κ3) is 6.70. The summed E-state index contributed by atoms with van der Waals surface area (Å²) in [6.07, 6.45) is 2.28. The molecular weight excluding hydrogens is 513 g/mol. The van der Waals surface area contributed by atoms with Crippen LogP contribution in [-0.2, 0) is 16.6 Å². The molecule has 33 heavy (non-hydrogen) atoms. The standard InChI is InChI=1S/C22H25BrFN5O3S/c1-3-17(13-30)27-21-19(23)12-25-22(29-21)28-18-9-4-14(2)20(10-18)33(31,32)26-11-15-5-7-16(24)8-6-15/h4-10,12,17,26,30H,3,11,13H2,1-2H3,(H2,25,27,28,29)/t17-/m1/s1. The van der Waals surface area contributed by atoms with Gasteiger partial charge in [-0.1, -0.05) is 25.1 Å². The molecular formula is C22H25BrFN5O3S. The molecule has 1 atom stereocenters. The van der Waals surface area contributed by atoms with E-state index in [0.717, 1.165) is 0 Å². The fourth-order valence-electron chi connectivity index (χ4n) is 2.95. The Morgan fingerprint density at radius 3 is 2.58 bits per heavy atom. The summed E-state index contributed by atoms with van der Waals surface area (Å²) in [7, 11) is -3.82. The van der Waals surface area contributed by atoms with E-state index in [-0.39, 0.29) is 35.9 Å². The van der Waals surface area contributed by atoms with Crippen LogP contribution in [0.5, 0.6) is 0 Å². The molecule has 2 aromatic carbocycles. The second-order valence-electron chi connectivity index (χ2n) is 7.38. The van der Waals surface area contributed by atoms with Crippen molar-refractivity contribution in [3.63, 3.8) is 0 Å². The molecule has 4 N–H and O–H groups in total. The molecule has 3 rings (SSSR count). The number of anilines is 3. The van der Waals surface area contributed by atoms with E-state index in [9.17, 15) is 17.9 Å². The lowest BCUT2D eigenvalue weighted by atomic mass is 10.2. The van der Waals surface area contributed by atoms with E-state index in [1.54, 1.807) is 25.3 Å². The summed E-state index contributed by atoms with van der Waals surface area (Å²) in [5.41, 5.74) is 1.70. The van der Waals surface area contributed by atoms with E-state index in [0.29, 0.717) is 33.5 Å². The first kappa shape index (κ1) is 25.0. The van der Waals surface area contributed by atoms with Crippen molar-refractivity contribution < 1.29 is 17.9 Å². The van der Waals surface area contributed by atoms with Crippen LogP contribution < -0.4 is 15.4 Å². The molecule has 0 saturated carbocycles. The van der Waals surface area contributed by atoms with Crippen molar-refractivity contribution in [1.82, 2.24) is 14.7 Å². The second kappa shape index (κ2) is 11.0. The monoisotopic (exact) mass is 537 g/mol. The van der Waals surface area contributed by atoms with Gasteiger partial charge in [-0.15, -0.1) is 0 Å². The predicted molar refractivity (Wildman–Crippen MR) is 129 cm³/mol. The lowest BCUT2D eigenvalue weighted by Gasteiger charge is -2.16. The van der Waals surface area contributed by atoms with Crippen LogP contribution in [0.25, 0.3) is 0 Å². The van der Waals surface area contributed by atoms with Gasteiger partial charge < -0.3 is 15.7 Å². The number of nitrogens with zero attached hydrogens (tertiary/aromatic N) is 2. The molecule has 0 aliphatic rings. The number of sulfonamides is 1. The Balaban J connectivity index is 1.79. The Bertz CT molecular complexity index is 1210. The van der Waals surface area contributed by atoms with Gasteiger partial charge in [-0.2, -0.15) is 4.98 Å². The summed E-state index contributed by atoms with van der Waals surface area (Å²) in [5.74, 6) is 0.389. The summed E-state index contributed by atoms with van der Waals surface area (Å²) in [6.45, 7) is 3.64. The van der Waals surface area contributed by atoms with Gasteiger partial charge in [0.25, 0.3) is 0 Å². The first-order chi connectivity index (χ1) is 15.7. The van der Waals surface area contributed by atoms with Gasteiger partial charge in [0.15, 0.2) is 0 Å². The van der Waals surface area contributed by atoms with Crippen LogP contribution in [0.1, 0.15) is 24.5 Å². The fourth-order valence-corrected chi connectivity index (χ4v) is 4.55. The number of hydrogen-bond acceptors (Lipinski definition) is 7. The molecule has 0 radical (unpaired) electrons. The van der Waals surface area contributed by atoms with Gasteiger partial charge in [0, 0.05) is 18.4 Å². The van der Waals surface area contributed by atoms with Crippen molar-refractivity contribution in [2.24, 2.45) is 0 Å². The van der Waals surface area contributed by atoms with Crippen LogP contribution in [0.2, 0.25) is 0 Å². The summed E-state index contributed by atoms with van der Waals surface area (Å²) in [4.78, 5) is 8.74. The SMILES string of the molecule is CC[C@H](CO)Nc1nc(Nc2ccc(C)c(S(=O)(=O)NCc3ccc(F)cc3)c2)ncc1Br. The number of benzene rings is 2. The van der Waals surface area contributed by atoms with E-state index in [1.165, 1.54) is 30.3 Å². The Kier molecular flexibility index (Phi) is 8.35. The lowest BCUT2D eigenvalue weighted by molar-refractivity contribution is 0.271. The molecule has 0 aliphatic heterocycles. The average molecular weight is 538 g/mol. The second-order valence-corrected chi connectivity index (χ2v) is 9.97. The van der Waals surface area contributed by atoms with Crippen LogP contribution in [0.4, 0.5) is 21.8 Å². The highest BCUT2D eigenvalue weighted by Crippen LogP contribution is 2.25. The topological polar surface area (TPSA) is 116 Å². The number of halogens is 2. The molecule has 11 heteroatoms. The quantitative estimate of drug-likeness (QED) is 0.307. The summed E-state index contributed by atoms with van der Waals surface area (Å²) < 4.78 is 42.1.